The summed E-state index contributed by atoms with van der Waals surface area (Å²) in [5, 5.41) is 6.14. The van der Waals surface area contributed by atoms with Gasteiger partial charge in [0.1, 0.15) is 17.4 Å². The molecule has 194 valence electrons. The molecule has 9 heteroatoms. The van der Waals surface area contributed by atoms with Gasteiger partial charge in [-0.2, -0.15) is 0 Å². The molecule has 1 spiro atoms. The lowest BCUT2D eigenvalue weighted by atomic mass is 9.74. The number of nitrogens with one attached hydrogen (secondary N) is 2. The number of likely N-dealkylation sites (tertiary alicyclic amines) is 1. The van der Waals surface area contributed by atoms with Crippen LogP contribution in [0.15, 0.2) is 36.4 Å². The Bertz CT molecular complexity index is 1060. The average molecular weight is 498 g/mol. The van der Waals surface area contributed by atoms with Crippen LogP contribution in [-0.2, 0) is 23.9 Å². The Kier molecular flexibility index (Phi) is 6.78. The topological polar surface area (TPSA) is 106 Å². The molecule has 1 saturated carbocycles. The largest absolute Gasteiger partial charge is 0.497 e. The van der Waals surface area contributed by atoms with Crippen molar-refractivity contribution in [3.63, 3.8) is 0 Å². The Morgan fingerprint density at radius 2 is 2.00 bits per heavy atom. The average Bonchev–Trinajstić information content (AvgIpc) is 3.51. The third-order valence-electron chi connectivity index (χ3n) is 8.24. The van der Waals surface area contributed by atoms with E-state index >= 15 is 0 Å². The Balaban J connectivity index is 1.42. The number of carbonyl (C=O) groups is 3. The van der Waals surface area contributed by atoms with Crippen LogP contribution in [0.2, 0.25) is 0 Å². The molecule has 0 aromatic heterocycles. The molecule has 3 amide bonds. The number of amides is 3. The summed E-state index contributed by atoms with van der Waals surface area (Å²) in [6.45, 7) is 2.69. The lowest BCUT2D eigenvalue weighted by Crippen LogP contribution is -2.57. The van der Waals surface area contributed by atoms with Gasteiger partial charge in [-0.05, 0) is 30.9 Å². The number of anilines is 1. The molecule has 1 aromatic carbocycles. The van der Waals surface area contributed by atoms with Crippen LogP contribution < -0.4 is 15.4 Å². The predicted octanol–water partition coefficient (Wildman–Crippen LogP) is 2.13. The normalized spacial score (nSPS) is 34.5. The van der Waals surface area contributed by atoms with Crippen LogP contribution in [0.5, 0.6) is 5.75 Å². The molecule has 4 aliphatic rings. The first kappa shape index (κ1) is 24.8. The van der Waals surface area contributed by atoms with Crippen LogP contribution >= 0.6 is 0 Å². The zero-order valence-corrected chi connectivity index (χ0v) is 21.1. The van der Waals surface area contributed by atoms with Gasteiger partial charge < -0.3 is 29.7 Å². The summed E-state index contributed by atoms with van der Waals surface area (Å²) >= 11 is 0. The van der Waals surface area contributed by atoms with Crippen molar-refractivity contribution < 1.29 is 28.6 Å². The van der Waals surface area contributed by atoms with E-state index in [4.69, 9.17) is 14.2 Å². The zero-order chi connectivity index (χ0) is 25.4. The molecule has 1 aromatic rings. The van der Waals surface area contributed by atoms with Crippen molar-refractivity contribution in [3.8, 4) is 5.75 Å². The molecule has 9 nitrogen and oxygen atoms in total. The Labute approximate surface area is 211 Å². The second-order valence-corrected chi connectivity index (χ2v) is 10.3. The highest BCUT2D eigenvalue weighted by molar-refractivity contribution is 6.02. The van der Waals surface area contributed by atoms with Gasteiger partial charge in [-0.15, -0.1) is 0 Å². The first-order valence-corrected chi connectivity index (χ1v) is 12.8. The predicted molar refractivity (Wildman–Crippen MR) is 132 cm³/mol. The van der Waals surface area contributed by atoms with Crippen LogP contribution in [0, 0.1) is 17.8 Å². The van der Waals surface area contributed by atoms with E-state index in [1.54, 1.807) is 43.4 Å². The summed E-state index contributed by atoms with van der Waals surface area (Å²) in [5.74, 6) is -1.32. The highest BCUT2D eigenvalue weighted by atomic mass is 16.5. The third kappa shape index (κ3) is 4.08. The molecule has 2 bridgehead atoms. The van der Waals surface area contributed by atoms with Gasteiger partial charge in [0.2, 0.25) is 17.7 Å². The molecule has 2 N–H and O–H groups in total. The first-order valence-electron chi connectivity index (χ1n) is 12.8. The second-order valence-electron chi connectivity index (χ2n) is 10.3. The fourth-order valence-corrected chi connectivity index (χ4v) is 6.42. The van der Waals surface area contributed by atoms with E-state index in [1.165, 1.54) is 6.42 Å². The monoisotopic (exact) mass is 497 g/mol. The minimum atomic E-state index is -1.17. The standard InChI is InChI=1S/C27H35N3O6/c1-16-7-4-5-10-19(16)29-25(32)23-27-12-11-20(36-27)21(22(27)26(33)30(23)13-14-34-2)24(31)28-17-8-6-9-18(15-17)35-3/h6,8-9,11-12,15-16,19-23H,4-5,7,10,13-14H2,1-3H3,(H,28,31)(H,29,32)/t16-,19-,20-,21-,22-,23+,27+/m1/s1. The molecule has 0 unspecified atom stereocenters. The molecule has 1 aliphatic carbocycles. The molecule has 3 heterocycles. The fourth-order valence-electron chi connectivity index (χ4n) is 6.42. The van der Waals surface area contributed by atoms with E-state index in [0.717, 1.165) is 19.3 Å². The molecule has 3 aliphatic heterocycles. The number of nitrogens with zero attached hydrogens (tertiary/aromatic N) is 1. The van der Waals surface area contributed by atoms with Crippen LogP contribution in [0.4, 0.5) is 5.69 Å². The number of carbonyl (C=O) groups excluding carboxylic acids is 3. The fraction of sp³-hybridized carbons (Fsp3) is 0.593. The number of methoxy groups -OCH3 is 2. The van der Waals surface area contributed by atoms with Gasteiger partial charge in [-0.1, -0.05) is 38.0 Å². The minimum Gasteiger partial charge on any atom is -0.497 e. The van der Waals surface area contributed by atoms with Gasteiger partial charge >= 0.3 is 0 Å². The molecule has 3 fully saturated rings. The van der Waals surface area contributed by atoms with Gasteiger partial charge in [-0.25, -0.2) is 0 Å². The summed E-state index contributed by atoms with van der Waals surface area (Å²) in [4.78, 5) is 42.6. The molecule has 0 radical (unpaired) electrons. The smallest absolute Gasteiger partial charge is 0.246 e. The minimum absolute atomic E-state index is 0.0656. The van der Waals surface area contributed by atoms with Crippen LogP contribution in [0.1, 0.15) is 32.6 Å². The van der Waals surface area contributed by atoms with Crippen LogP contribution in [0.25, 0.3) is 0 Å². The molecule has 7 atom stereocenters. The Morgan fingerprint density at radius 1 is 1.19 bits per heavy atom. The van der Waals surface area contributed by atoms with E-state index < -0.39 is 29.6 Å². The van der Waals surface area contributed by atoms with Gasteiger partial charge in [0.15, 0.2) is 0 Å². The van der Waals surface area contributed by atoms with Crippen molar-refractivity contribution in [3.05, 3.63) is 36.4 Å². The van der Waals surface area contributed by atoms with Gasteiger partial charge in [0.25, 0.3) is 0 Å². The van der Waals surface area contributed by atoms with Gasteiger partial charge in [0, 0.05) is 31.5 Å². The number of hydrogen-bond donors (Lipinski definition) is 2. The number of hydrogen-bond acceptors (Lipinski definition) is 6. The van der Waals surface area contributed by atoms with E-state index in [9.17, 15) is 14.4 Å². The van der Waals surface area contributed by atoms with Crippen molar-refractivity contribution in [2.45, 2.75) is 56.4 Å². The summed E-state index contributed by atoms with van der Waals surface area (Å²) in [5.41, 5.74) is -0.601. The number of fused-ring (bicyclic) bond motifs is 1. The maximum Gasteiger partial charge on any atom is 0.246 e. The zero-order valence-electron chi connectivity index (χ0n) is 21.1. The third-order valence-corrected chi connectivity index (χ3v) is 8.24. The lowest BCUT2D eigenvalue weighted by molar-refractivity contribution is -0.142. The number of ether oxygens (including phenoxy) is 3. The summed E-state index contributed by atoms with van der Waals surface area (Å²) in [6, 6.07) is 6.28. The Hall–Kier alpha value is -2.91. The highest BCUT2D eigenvalue weighted by Crippen LogP contribution is 2.55. The molecule has 2 saturated heterocycles. The van der Waals surface area contributed by atoms with Crippen LogP contribution in [0.3, 0.4) is 0 Å². The summed E-state index contributed by atoms with van der Waals surface area (Å²) < 4.78 is 16.9. The van der Waals surface area contributed by atoms with E-state index in [0.29, 0.717) is 17.4 Å². The van der Waals surface area contributed by atoms with Crippen molar-refractivity contribution in [2.24, 2.45) is 17.8 Å². The van der Waals surface area contributed by atoms with Gasteiger partial charge in [-0.3, -0.25) is 14.4 Å². The molecule has 5 rings (SSSR count). The first-order chi connectivity index (χ1) is 17.4. The Morgan fingerprint density at radius 3 is 2.75 bits per heavy atom. The van der Waals surface area contributed by atoms with Crippen LogP contribution in [-0.4, -0.2) is 73.8 Å². The second kappa shape index (κ2) is 9.86. The molecular weight excluding hydrogens is 462 g/mol. The van der Waals surface area contributed by atoms with Gasteiger partial charge in [0.05, 0.1) is 31.7 Å². The van der Waals surface area contributed by atoms with E-state index in [2.05, 4.69) is 17.6 Å². The number of rotatable bonds is 8. The molecule has 36 heavy (non-hydrogen) atoms. The SMILES string of the molecule is COCCN1C(=O)[C@H]2[C@H](C(=O)Nc3cccc(OC)c3)[C@H]3C=C[C@@]2(O3)[C@@H]1C(=O)N[C@@H]1CCCC[C@H]1C. The van der Waals surface area contributed by atoms with Crippen molar-refractivity contribution in [1.82, 2.24) is 10.2 Å². The quantitative estimate of drug-likeness (QED) is 0.533. The maximum atomic E-state index is 13.8. The summed E-state index contributed by atoms with van der Waals surface area (Å²) in [6.07, 6.45) is 7.32. The van der Waals surface area contributed by atoms with E-state index in [1.807, 2.05) is 12.2 Å². The molecular formula is C27H35N3O6. The highest BCUT2D eigenvalue weighted by Gasteiger charge is 2.72. The maximum absolute atomic E-state index is 13.8. The van der Waals surface area contributed by atoms with E-state index in [-0.39, 0.29) is 36.9 Å². The van der Waals surface area contributed by atoms with Crippen molar-refractivity contribution in [2.75, 3.05) is 32.7 Å². The summed E-state index contributed by atoms with van der Waals surface area (Å²) in [7, 11) is 3.12. The lowest BCUT2D eigenvalue weighted by Gasteiger charge is -2.35. The number of benzene rings is 1. The van der Waals surface area contributed by atoms with Crippen molar-refractivity contribution in [1.29, 1.82) is 0 Å². The van der Waals surface area contributed by atoms with Crippen molar-refractivity contribution >= 4 is 23.4 Å².